The Kier molecular flexibility index (Phi) is 18.3. The number of anilines is 1. The first kappa shape index (κ1) is 60.7. The van der Waals surface area contributed by atoms with E-state index in [-0.39, 0.29) is 56.1 Å². The minimum Gasteiger partial charge on any atom is -0.448 e. The van der Waals surface area contributed by atoms with Crippen molar-refractivity contribution in [3.63, 3.8) is 0 Å². The van der Waals surface area contributed by atoms with E-state index in [9.17, 15) is 24.0 Å². The number of hydrogen-bond acceptors (Lipinski definition) is 20. The number of aryl methyl sites for hydroxylation is 2. The quantitative estimate of drug-likeness (QED) is 0.00828. The van der Waals surface area contributed by atoms with Crippen LogP contribution in [0.2, 0.25) is 0 Å². The van der Waals surface area contributed by atoms with E-state index in [0.29, 0.717) is 36.7 Å². The number of alkyl halides is 2. The monoisotopic (exact) mass is 1290 g/mol. The smallest absolute Gasteiger partial charge is 0.366 e. The zero-order chi connectivity index (χ0) is 61.6. The minimum absolute atomic E-state index is 0.0250. The minimum atomic E-state index is -1.32. The highest BCUT2D eigenvalue weighted by molar-refractivity contribution is 8.02. The molecule has 0 bridgehead atoms. The highest BCUT2D eigenvalue weighted by Gasteiger charge is 2.55. The van der Waals surface area contributed by atoms with Crippen LogP contribution in [0.4, 0.5) is 5.00 Å². The van der Waals surface area contributed by atoms with Gasteiger partial charge in [-0.25, -0.2) is 19.6 Å². The van der Waals surface area contributed by atoms with E-state index in [4.69, 9.17) is 53.0 Å². The number of benzene rings is 6. The molecule has 1 fully saturated rings. The number of nitrogens with two attached hydrogens (primary N) is 1. The van der Waals surface area contributed by atoms with Crippen LogP contribution in [0.25, 0.3) is 4.96 Å². The van der Waals surface area contributed by atoms with E-state index >= 15 is 9.59 Å². The predicted octanol–water partition coefficient (Wildman–Crippen LogP) is 9.82. The summed E-state index contributed by atoms with van der Waals surface area (Å²) in [7, 11) is 0. The highest BCUT2D eigenvalue weighted by atomic mass is 35.5. The van der Waals surface area contributed by atoms with Crippen molar-refractivity contribution in [3.8, 4) is 11.5 Å². The molecule has 444 valence electrons. The van der Waals surface area contributed by atoms with Crippen molar-refractivity contribution in [2.75, 3.05) is 29.0 Å². The van der Waals surface area contributed by atoms with Gasteiger partial charge in [-0.2, -0.15) is 4.52 Å². The molecule has 3 aromatic heterocycles. The Bertz CT molecular complexity index is 4150. The van der Waals surface area contributed by atoms with Crippen molar-refractivity contribution in [2.45, 2.75) is 41.1 Å². The van der Waals surface area contributed by atoms with E-state index < -0.39 is 76.1 Å². The average molecular weight is 1290 g/mol. The zero-order valence-corrected chi connectivity index (χ0v) is 51.1. The molecule has 0 saturated carbocycles. The molecular formula is C63H48Cl2N8O11S4. The molecule has 2 amide bonds. The van der Waals surface area contributed by atoms with E-state index in [1.54, 1.807) is 6.92 Å². The van der Waals surface area contributed by atoms with Crippen LogP contribution in [0.1, 0.15) is 66.2 Å². The molecule has 0 aliphatic carbocycles. The molecule has 2 aliphatic heterocycles. The Morgan fingerprint density at radius 3 is 1.84 bits per heavy atom. The van der Waals surface area contributed by atoms with E-state index in [1.165, 1.54) is 63.3 Å². The summed E-state index contributed by atoms with van der Waals surface area (Å²) >= 11 is 16.2. The number of carbonyl (C=O) groups is 6. The number of β-lactam (4-membered cyclic amide) rings is 1. The number of hydrogen-bond donors (Lipinski definition) is 2. The van der Waals surface area contributed by atoms with E-state index in [0.717, 1.165) is 34.1 Å². The number of carbonyl (C=O) groups excluding carboxylic acids is 6. The van der Waals surface area contributed by atoms with Gasteiger partial charge in [0.05, 0.1) is 11.0 Å². The fourth-order valence-corrected chi connectivity index (χ4v) is 14.8. The summed E-state index contributed by atoms with van der Waals surface area (Å²) in [4.78, 5) is 114. The summed E-state index contributed by atoms with van der Waals surface area (Å²) in [6.07, 6.45) is -0.900. The molecule has 11 rings (SSSR count). The Morgan fingerprint density at radius 1 is 0.739 bits per heavy atom. The molecule has 0 spiro atoms. The van der Waals surface area contributed by atoms with Gasteiger partial charge < -0.3 is 30.1 Å². The zero-order valence-electron chi connectivity index (χ0n) is 46.4. The number of ether oxygens (including phenoxy) is 3. The van der Waals surface area contributed by atoms with Crippen molar-refractivity contribution < 1.29 is 47.8 Å². The third kappa shape index (κ3) is 12.3. The van der Waals surface area contributed by atoms with Gasteiger partial charge in [-0.15, -0.1) is 40.1 Å². The van der Waals surface area contributed by atoms with Gasteiger partial charge in [-0.1, -0.05) is 191 Å². The number of esters is 3. The second-order valence-electron chi connectivity index (χ2n) is 19.7. The van der Waals surface area contributed by atoms with Gasteiger partial charge in [0.1, 0.15) is 44.6 Å². The number of oxime groups is 1. The van der Waals surface area contributed by atoms with Crippen LogP contribution >= 0.6 is 69.4 Å². The van der Waals surface area contributed by atoms with Crippen LogP contribution in [0, 0.1) is 13.8 Å². The van der Waals surface area contributed by atoms with Crippen LogP contribution in [-0.4, -0.2) is 101 Å². The van der Waals surface area contributed by atoms with Gasteiger partial charge >= 0.3 is 23.9 Å². The molecule has 2 aliphatic rings. The Labute approximate surface area is 528 Å². The summed E-state index contributed by atoms with van der Waals surface area (Å²) < 4.78 is 18.7. The summed E-state index contributed by atoms with van der Waals surface area (Å²) in [6.45, 7) is 3.19. The van der Waals surface area contributed by atoms with Crippen molar-refractivity contribution in [1.29, 1.82) is 0 Å². The first-order valence-corrected chi connectivity index (χ1v) is 31.6. The normalized spacial score (nSPS) is 14.9. The lowest BCUT2D eigenvalue weighted by Gasteiger charge is -2.49. The lowest BCUT2D eigenvalue weighted by atomic mass is 9.70. The number of nitrogens with zero attached hydrogens (tertiary/aromatic N) is 6. The second-order valence-corrected chi connectivity index (χ2v) is 24.6. The Balaban J connectivity index is 0.978. The molecule has 25 heteroatoms. The number of nitrogens with one attached hydrogen (secondary N) is 1. The van der Waals surface area contributed by atoms with E-state index in [1.807, 2.05) is 152 Å². The standard InChI is InChI=1S/C63H48Cl2N8O11S4/c1-35-28-44(81-47(75)31-64)45(82-48(76)32-65)30-43(35)58(79)84-71-50(49-54(66)87-60(69-49)63(40-22-12-5-13-23-40,41-24-14-6-15-25-41)42-26-16-7-17-27-42)55(77)68-51-56(78)72-52(59(80)83-53(37-18-8-3-9-19-37)38-20-10-4-11-21-38)39(33-85-57(51)72)34-86-62-70-73-46(74)29-36(2)67-61(73)88-62/h3-30,51,53,57H,31-34,66H2,1-2H3,(H,68,77)/b71-50+/t51-,57-/m1/s1. The van der Waals surface area contributed by atoms with Gasteiger partial charge in [0.15, 0.2) is 27.7 Å². The topological polar surface area (TPSA) is 253 Å². The first-order chi connectivity index (χ1) is 42.7. The fourth-order valence-electron chi connectivity index (χ4n) is 10.1. The second kappa shape index (κ2) is 26.6. The predicted molar refractivity (Wildman–Crippen MR) is 336 cm³/mol. The van der Waals surface area contributed by atoms with Crippen LogP contribution in [0.3, 0.4) is 0 Å². The Morgan fingerprint density at radius 2 is 1.28 bits per heavy atom. The fraction of sp³-hybridized carbons (Fsp3) is 0.159. The summed E-state index contributed by atoms with van der Waals surface area (Å²) in [6, 6.07) is 49.4. The Hall–Kier alpha value is -8.97. The number of rotatable bonds is 20. The number of fused-ring (bicyclic) bond motifs is 2. The van der Waals surface area contributed by atoms with Gasteiger partial charge in [-0.05, 0) is 64.9 Å². The third-order valence-electron chi connectivity index (χ3n) is 14.1. The average Bonchev–Trinajstić information content (AvgIpc) is 1.45. The maximum atomic E-state index is 15.3. The third-order valence-corrected chi connectivity index (χ3v) is 19.0. The molecule has 19 nitrogen and oxygen atoms in total. The molecule has 9 aromatic rings. The lowest BCUT2D eigenvalue weighted by Crippen LogP contribution is -2.71. The summed E-state index contributed by atoms with van der Waals surface area (Å²) in [5.41, 5.74) is 9.26. The largest absolute Gasteiger partial charge is 0.448 e. The van der Waals surface area contributed by atoms with Crippen LogP contribution in [0.15, 0.2) is 195 Å². The molecule has 6 aromatic carbocycles. The summed E-state index contributed by atoms with van der Waals surface area (Å²) in [5.74, 6) is -7.05. The molecule has 0 unspecified atom stereocenters. The van der Waals surface area contributed by atoms with E-state index in [2.05, 4.69) is 20.6 Å². The number of thioether (sulfide) groups is 2. The van der Waals surface area contributed by atoms with Crippen LogP contribution in [-0.2, 0) is 39.0 Å². The van der Waals surface area contributed by atoms with Gasteiger partial charge in [-0.3, -0.25) is 28.9 Å². The number of halogens is 2. The maximum Gasteiger partial charge on any atom is 0.366 e. The molecule has 5 heterocycles. The number of nitrogen functional groups attached to an aromatic ring is 1. The highest BCUT2D eigenvalue weighted by Crippen LogP contribution is 2.48. The van der Waals surface area contributed by atoms with Crippen molar-refractivity contribution in [3.05, 3.63) is 247 Å². The molecular weight excluding hydrogens is 1240 g/mol. The molecule has 1 saturated heterocycles. The van der Waals surface area contributed by atoms with Crippen molar-refractivity contribution in [2.24, 2.45) is 5.16 Å². The molecule has 88 heavy (non-hydrogen) atoms. The van der Waals surface area contributed by atoms with Gasteiger partial charge in [0, 0.05) is 23.3 Å². The van der Waals surface area contributed by atoms with Gasteiger partial charge in [0.2, 0.25) is 4.96 Å². The van der Waals surface area contributed by atoms with Crippen molar-refractivity contribution >= 4 is 121 Å². The van der Waals surface area contributed by atoms with Crippen LogP contribution < -0.4 is 26.1 Å². The molecule has 0 radical (unpaired) electrons. The molecule has 3 N–H and O–H groups in total. The maximum absolute atomic E-state index is 15.3. The summed E-state index contributed by atoms with van der Waals surface area (Å²) in [5, 5.41) is 10.9. The first-order valence-electron chi connectivity index (χ1n) is 26.9. The van der Waals surface area contributed by atoms with Crippen LogP contribution in [0.5, 0.6) is 11.5 Å². The van der Waals surface area contributed by atoms with Gasteiger partial charge in [0.25, 0.3) is 17.4 Å². The number of aromatic nitrogens is 4. The lowest BCUT2D eigenvalue weighted by molar-refractivity contribution is -0.154. The SMILES string of the molecule is Cc1cc(=O)n2nc(SCC3=C(C(=O)OC(c4ccccc4)c4ccccc4)N4C(=O)[C@@H](NC(=O)/C(=N/OC(=O)c5cc(OC(=O)CCl)c(OC(=O)CCl)cc5C)c5nc(C(c6ccccc6)(c6ccccc6)c6ccccc6)sc5N)[C@H]4SC3)sc2n1. The van der Waals surface area contributed by atoms with Crippen molar-refractivity contribution in [1.82, 2.24) is 29.8 Å². The number of thiazole rings is 1. The number of amides is 2. The molecule has 2 atom stereocenters.